The van der Waals surface area contributed by atoms with Crippen molar-refractivity contribution in [2.75, 3.05) is 31.6 Å². The Labute approximate surface area is 152 Å². The van der Waals surface area contributed by atoms with Crippen LogP contribution in [0.1, 0.15) is 18.4 Å². The molecule has 0 saturated carbocycles. The van der Waals surface area contributed by atoms with Crippen molar-refractivity contribution in [3.05, 3.63) is 35.3 Å². The van der Waals surface area contributed by atoms with E-state index in [9.17, 15) is 8.42 Å². The Morgan fingerprint density at radius 2 is 2.28 bits per heavy atom. The van der Waals surface area contributed by atoms with E-state index in [1.54, 1.807) is 29.7 Å². The number of benzene rings is 1. The Kier molecular flexibility index (Phi) is 5.61. The lowest BCUT2D eigenvalue weighted by molar-refractivity contribution is 0.398. The number of aromatic nitrogens is 1. The van der Waals surface area contributed by atoms with Crippen LogP contribution in [0.15, 0.2) is 34.7 Å². The molecule has 1 aliphatic heterocycles. The molecule has 1 aliphatic rings. The summed E-state index contributed by atoms with van der Waals surface area (Å²) in [5.41, 5.74) is 0.883. The standard InChI is InChI=1S/C17H23N3O3S2/c1-13-5-6-15(23-2)16(10-13)25(21,22)19-11-14-4-3-8-20(12-14)17-18-7-9-24-17/h5-7,9-10,14,19H,3-4,8,11-12H2,1-2H3. The molecular formula is C17H23N3O3S2. The summed E-state index contributed by atoms with van der Waals surface area (Å²) in [6.07, 6.45) is 3.85. The largest absolute Gasteiger partial charge is 0.495 e. The lowest BCUT2D eigenvalue weighted by Gasteiger charge is -2.32. The summed E-state index contributed by atoms with van der Waals surface area (Å²) in [6, 6.07) is 5.17. The van der Waals surface area contributed by atoms with Crippen molar-refractivity contribution in [3.8, 4) is 5.75 Å². The van der Waals surface area contributed by atoms with Crippen LogP contribution in [0.2, 0.25) is 0 Å². The number of ether oxygens (including phenoxy) is 1. The number of nitrogens with zero attached hydrogens (tertiary/aromatic N) is 2. The molecule has 2 heterocycles. The predicted octanol–water partition coefficient (Wildman–Crippen LogP) is 2.66. The minimum absolute atomic E-state index is 0.197. The molecule has 1 saturated heterocycles. The van der Waals surface area contributed by atoms with E-state index < -0.39 is 10.0 Å². The maximum Gasteiger partial charge on any atom is 0.244 e. The van der Waals surface area contributed by atoms with Crippen molar-refractivity contribution in [1.29, 1.82) is 0 Å². The van der Waals surface area contributed by atoms with E-state index in [-0.39, 0.29) is 10.8 Å². The zero-order valence-electron chi connectivity index (χ0n) is 14.4. The lowest BCUT2D eigenvalue weighted by atomic mass is 9.99. The van der Waals surface area contributed by atoms with Crippen molar-refractivity contribution >= 4 is 26.5 Å². The van der Waals surface area contributed by atoms with Crippen LogP contribution in [0, 0.1) is 12.8 Å². The van der Waals surface area contributed by atoms with Gasteiger partial charge in [0.05, 0.1) is 7.11 Å². The average molecular weight is 382 g/mol. The van der Waals surface area contributed by atoms with Crippen LogP contribution < -0.4 is 14.4 Å². The van der Waals surface area contributed by atoms with Crippen molar-refractivity contribution in [2.45, 2.75) is 24.7 Å². The zero-order valence-corrected chi connectivity index (χ0v) is 16.1. The molecule has 8 heteroatoms. The fourth-order valence-corrected chi connectivity index (χ4v) is 5.12. The lowest BCUT2D eigenvalue weighted by Crippen LogP contribution is -2.41. The maximum atomic E-state index is 12.7. The van der Waals surface area contributed by atoms with Gasteiger partial charge in [-0.3, -0.25) is 0 Å². The molecule has 1 aromatic carbocycles. The fraction of sp³-hybridized carbons (Fsp3) is 0.471. The van der Waals surface area contributed by atoms with Gasteiger partial charge in [-0.05, 0) is 43.4 Å². The van der Waals surface area contributed by atoms with Crippen LogP contribution in [-0.2, 0) is 10.0 Å². The van der Waals surface area contributed by atoms with Crippen LogP contribution in [-0.4, -0.2) is 40.1 Å². The molecule has 0 amide bonds. The van der Waals surface area contributed by atoms with Crippen LogP contribution in [0.3, 0.4) is 0 Å². The summed E-state index contributed by atoms with van der Waals surface area (Å²) in [5.74, 6) is 0.634. The second-order valence-electron chi connectivity index (χ2n) is 6.28. The third-order valence-electron chi connectivity index (χ3n) is 4.38. The number of piperidine rings is 1. The van der Waals surface area contributed by atoms with Gasteiger partial charge in [0.15, 0.2) is 5.13 Å². The van der Waals surface area contributed by atoms with Gasteiger partial charge in [-0.1, -0.05) is 6.07 Å². The van der Waals surface area contributed by atoms with E-state index >= 15 is 0 Å². The Morgan fingerprint density at radius 3 is 3.00 bits per heavy atom. The first-order valence-electron chi connectivity index (χ1n) is 8.28. The first-order valence-corrected chi connectivity index (χ1v) is 10.6. The molecule has 6 nitrogen and oxygen atoms in total. The molecule has 136 valence electrons. The second kappa shape index (κ2) is 7.72. The number of thiazole rings is 1. The van der Waals surface area contributed by atoms with Crippen LogP contribution in [0.4, 0.5) is 5.13 Å². The second-order valence-corrected chi connectivity index (χ2v) is 8.88. The van der Waals surface area contributed by atoms with E-state index in [1.807, 2.05) is 18.4 Å². The Morgan fingerprint density at radius 1 is 1.44 bits per heavy atom. The molecule has 1 aromatic heterocycles. The van der Waals surface area contributed by atoms with Crippen LogP contribution >= 0.6 is 11.3 Å². The average Bonchev–Trinajstić information content (AvgIpc) is 3.15. The van der Waals surface area contributed by atoms with Crippen LogP contribution in [0.25, 0.3) is 0 Å². The fourth-order valence-electron chi connectivity index (χ4n) is 3.08. The molecule has 0 aliphatic carbocycles. The molecule has 1 atom stereocenters. The van der Waals surface area contributed by atoms with E-state index in [0.717, 1.165) is 36.6 Å². The number of sulfonamides is 1. The topological polar surface area (TPSA) is 71.5 Å². The van der Waals surface area contributed by atoms with Crippen molar-refractivity contribution < 1.29 is 13.2 Å². The van der Waals surface area contributed by atoms with Gasteiger partial charge in [0.25, 0.3) is 0 Å². The number of hydrogen-bond donors (Lipinski definition) is 1. The van der Waals surface area contributed by atoms with Gasteiger partial charge >= 0.3 is 0 Å². The number of aryl methyl sites for hydroxylation is 1. The van der Waals surface area contributed by atoms with Gasteiger partial charge < -0.3 is 9.64 Å². The number of rotatable bonds is 6. The minimum atomic E-state index is -3.60. The van der Waals surface area contributed by atoms with Gasteiger partial charge in [-0.25, -0.2) is 18.1 Å². The van der Waals surface area contributed by atoms with E-state index in [4.69, 9.17) is 4.74 Å². The van der Waals surface area contributed by atoms with Crippen molar-refractivity contribution in [1.82, 2.24) is 9.71 Å². The number of nitrogens with one attached hydrogen (secondary N) is 1. The van der Waals surface area contributed by atoms with Gasteiger partial charge in [-0.15, -0.1) is 11.3 Å². The number of anilines is 1. The normalized spacial score (nSPS) is 18.3. The zero-order chi connectivity index (χ0) is 17.9. The van der Waals surface area contributed by atoms with E-state index in [2.05, 4.69) is 14.6 Å². The Hall–Kier alpha value is -1.64. The van der Waals surface area contributed by atoms with Crippen molar-refractivity contribution in [3.63, 3.8) is 0 Å². The third kappa shape index (κ3) is 4.31. The Bertz CT molecular complexity index is 807. The maximum absolute atomic E-state index is 12.7. The van der Waals surface area contributed by atoms with Gasteiger partial charge in [0, 0.05) is 31.2 Å². The van der Waals surface area contributed by atoms with E-state index in [0.29, 0.717) is 12.3 Å². The summed E-state index contributed by atoms with van der Waals surface area (Å²) in [7, 11) is -2.12. The summed E-state index contributed by atoms with van der Waals surface area (Å²) >= 11 is 1.62. The molecule has 0 bridgehead atoms. The molecule has 2 aromatic rings. The van der Waals surface area contributed by atoms with Gasteiger partial charge in [0.2, 0.25) is 10.0 Å². The summed E-state index contributed by atoms with van der Waals surface area (Å²) in [5, 5.41) is 2.97. The highest BCUT2D eigenvalue weighted by Crippen LogP contribution is 2.27. The first kappa shape index (κ1) is 18.2. The molecule has 1 N–H and O–H groups in total. The van der Waals surface area contributed by atoms with Gasteiger partial charge in [-0.2, -0.15) is 0 Å². The summed E-state index contributed by atoms with van der Waals surface area (Å²) < 4.78 is 33.4. The molecule has 1 fully saturated rings. The predicted molar refractivity (Wildman–Crippen MR) is 100.0 cm³/mol. The van der Waals surface area contributed by atoms with Crippen molar-refractivity contribution in [2.24, 2.45) is 5.92 Å². The third-order valence-corrected chi connectivity index (χ3v) is 6.66. The molecule has 1 unspecified atom stereocenters. The highest BCUT2D eigenvalue weighted by Gasteiger charge is 2.25. The SMILES string of the molecule is COc1ccc(C)cc1S(=O)(=O)NCC1CCCN(c2nccs2)C1. The molecule has 0 radical (unpaired) electrons. The van der Waals surface area contributed by atoms with Gasteiger partial charge in [0.1, 0.15) is 10.6 Å². The Balaban J connectivity index is 1.67. The molecular weight excluding hydrogens is 358 g/mol. The summed E-state index contributed by atoms with van der Waals surface area (Å²) in [4.78, 5) is 6.79. The molecule has 0 spiro atoms. The molecule has 3 rings (SSSR count). The highest BCUT2D eigenvalue weighted by molar-refractivity contribution is 7.89. The summed E-state index contributed by atoms with van der Waals surface area (Å²) in [6.45, 7) is 4.08. The monoisotopic (exact) mass is 381 g/mol. The van der Waals surface area contributed by atoms with E-state index in [1.165, 1.54) is 7.11 Å². The quantitative estimate of drug-likeness (QED) is 0.833. The van der Waals surface area contributed by atoms with Crippen LogP contribution in [0.5, 0.6) is 5.75 Å². The number of hydrogen-bond acceptors (Lipinski definition) is 6. The smallest absolute Gasteiger partial charge is 0.244 e. The first-order chi connectivity index (χ1) is 12.0. The minimum Gasteiger partial charge on any atom is -0.495 e. The molecule has 25 heavy (non-hydrogen) atoms. The number of methoxy groups -OCH3 is 1. The highest BCUT2D eigenvalue weighted by atomic mass is 32.2.